The van der Waals surface area contributed by atoms with Gasteiger partial charge in [-0.3, -0.25) is 9.78 Å². The molecule has 112 valence electrons. The van der Waals surface area contributed by atoms with Gasteiger partial charge in [-0.05, 0) is 35.6 Å². The third-order valence-corrected chi connectivity index (χ3v) is 3.04. The van der Waals surface area contributed by atoms with Crippen molar-refractivity contribution in [3.05, 3.63) is 26.6 Å². The van der Waals surface area contributed by atoms with E-state index in [1.165, 1.54) is 29.5 Å². The Balaban J connectivity index is 3.32. The van der Waals surface area contributed by atoms with Crippen LogP contribution in [0, 0.1) is 3.57 Å². The van der Waals surface area contributed by atoms with E-state index in [9.17, 15) is 26.7 Å². The summed E-state index contributed by atoms with van der Waals surface area (Å²) < 4.78 is 67.9. The smallest absolute Gasteiger partial charge is 0.419 e. The van der Waals surface area contributed by atoms with E-state index in [2.05, 4.69) is 9.72 Å². The summed E-state index contributed by atoms with van der Waals surface area (Å²) in [6.45, 7) is 1.46. The van der Waals surface area contributed by atoms with E-state index in [0.717, 1.165) is 0 Å². The zero-order valence-electron chi connectivity index (χ0n) is 10.1. The van der Waals surface area contributed by atoms with Gasteiger partial charge in [-0.2, -0.15) is 13.2 Å². The molecule has 0 aliphatic rings. The molecule has 0 N–H and O–H groups in total. The van der Waals surface area contributed by atoms with Gasteiger partial charge in [0.05, 0.1) is 24.3 Å². The third kappa shape index (κ3) is 4.25. The zero-order valence-corrected chi connectivity index (χ0v) is 12.3. The quantitative estimate of drug-likeness (QED) is 0.432. The summed E-state index contributed by atoms with van der Waals surface area (Å²) in [7, 11) is 0. The molecule has 0 aliphatic heterocycles. The predicted octanol–water partition coefficient (Wildman–Crippen LogP) is 3.75. The fourth-order valence-corrected chi connectivity index (χ4v) is 2.41. The van der Waals surface area contributed by atoms with Crippen LogP contribution in [-0.2, 0) is 22.1 Å². The van der Waals surface area contributed by atoms with E-state index in [1.807, 2.05) is 0 Å². The van der Waals surface area contributed by atoms with Crippen LogP contribution in [0.3, 0.4) is 0 Å². The highest BCUT2D eigenvalue weighted by Gasteiger charge is 2.38. The molecule has 0 bridgehead atoms. The fraction of sp³-hybridized carbons (Fsp3) is 0.455. The predicted molar refractivity (Wildman–Crippen MR) is 67.3 cm³/mol. The minimum absolute atomic E-state index is 0.0220. The first kappa shape index (κ1) is 17.1. The Labute approximate surface area is 124 Å². The lowest BCUT2D eigenvalue weighted by Crippen LogP contribution is -2.18. The topological polar surface area (TPSA) is 39.2 Å². The Morgan fingerprint density at radius 2 is 2.05 bits per heavy atom. The Hall–Kier alpha value is -1.00. The van der Waals surface area contributed by atoms with E-state index in [-0.39, 0.29) is 6.61 Å². The molecule has 0 amide bonds. The van der Waals surface area contributed by atoms with E-state index in [0.29, 0.717) is 6.07 Å². The molecule has 9 heteroatoms. The first-order valence-corrected chi connectivity index (χ1v) is 6.45. The van der Waals surface area contributed by atoms with Gasteiger partial charge in [0, 0.05) is 3.57 Å². The fourth-order valence-electron chi connectivity index (χ4n) is 1.47. The van der Waals surface area contributed by atoms with Crippen LogP contribution in [-0.4, -0.2) is 17.6 Å². The maximum Gasteiger partial charge on any atom is 0.419 e. The first-order chi connectivity index (χ1) is 9.16. The van der Waals surface area contributed by atoms with Gasteiger partial charge in [-0.25, -0.2) is 8.78 Å². The number of nitrogens with zero attached hydrogens (tertiary/aromatic N) is 1. The maximum absolute atomic E-state index is 12.9. The van der Waals surface area contributed by atoms with Crippen molar-refractivity contribution in [3.63, 3.8) is 0 Å². The Bertz CT molecular complexity index is 504. The van der Waals surface area contributed by atoms with E-state index < -0.39 is 45.5 Å². The average Bonchev–Trinajstić information content (AvgIpc) is 2.26. The van der Waals surface area contributed by atoms with Crippen LogP contribution in [0.25, 0.3) is 0 Å². The molecule has 0 aromatic carbocycles. The summed E-state index contributed by atoms with van der Waals surface area (Å²) in [5, 5.41) is 0. The van der Waals surface area contributed by atoms with Crippen molar-refractivity contribution in [2.75, 3.05) is 6.61 Å². The van der Waals surface area contributed by atoms with Crippen LogP contribution in [0.1, 0.15) is 30.3 Å². The van der Waals surface area contributed by atoms with Crippen molar-refractivity contribution in [2.24, 2.45) is 0 Å². The molecular formula is C11H9F5INO2. The molecule has 0 unspecified atom stereocenters. The minimum atomic E-state index is -4.79. The summed E-state index contributed by atoms with van der Waals surface area (Å²) in [6, 6.07) is 0.655. The van der Waals surface area contributed by atoms with Gasteiger partial charge < -0.3 is 4.74 Å². The summed E-state index contributed by atoms with van der Waals surface area (Å²) in [6.07, 6.45) is -8.61. The van der Waals surface area contributed by atoms with Gasteiger partial charge in [-0.15, -0.1) is 0 Å². The van der Waals surface area contributed by atoms with Crippen molar-refractivity contribution < 1.29 is 31.5 Å². The van der Waals surface area contributed by atoms with Crippen molar-refractivity contribution in [1.82, 2.24) is 4.98 Å². The Morgan fingerprint density at radius 3 is 2.50 bits per heavy atom. The molecule has 3 nitrogen and oxygen atoms in total. The molecule has 0 fully saturated rings. The number of rotatable bonds is 4. The van der Waals surface area contributed by atoms with Gasteiger partial charge in [0.25, 0.3) is 6.43 Å². The number of halogens is 6. The zero-order chi connectivity index (χ0) is 15.5. The van der Waals surface area contributed by atoms with E-state index >= 15 is 0 Å². The van der Waals surface area contributed by atoms with Crippen molar-refractivity contribution in [3.8, 4) is 0 Å². The summed E-state index contributed by atoms with van der Waals surface area (Å²) in [5.74, 6) is -0.951. The highest BCUT2D eigenvalue weighted by atomic mass is 127. The highest BCUT2D eigenvalue weighted by molar-refractivity contribution is 14.1. The summed E-state index contributed by atoms with van der Waals surface area (Å²) in [4.78, 5) is 14.5. The Kier molecular flexibility index (Phi) is 5.66. The molecule has 1 aromatic rings. The highest BCUT2D eigenvalue weighted by Crippen LogP contribution is 2.36. The molecule has 1 heterocycles. The average molecular weight is 409 g/mol. The molecule has 0 saturated heterocycles. The lowest BCUT2D eigenvalue weighted by atomic mass is 10.1. The lowest BCUT2D eigenvalue weighted by molar-refractivity contribution is -0.143. The monoisotopic (exact) mass is 409 g/mol. The van der Waals surface area contributed by atoms with Crippen LogP contribution in [0.4, 0.5) is 22.0 Å². The number of carbonyl (C=O) groups excluding carboxylic acids is 1. The summed E-state index contributed by atoms with van der Waals surface area (Å²) >= 11 is 1.29. The summed E-state index contributed by atoms with van der Waals surface area (Å²) in [5.41, 5.74) is -2.74. The van der Waals surface area contributed by atoms with Crippen LogP contribution < -0.4 is 0 Å². The number of aromatic nitrogens is 1. The van der Waals surface area contributed by atoms with Gasteiger partial charge in [0.15, 0.2) is 0 Å². The number of pyridine rings is 1. The molecule has 1 rings (SSSR count). The molecule has 0 saturated carbocycles. The number of hydrogen-bond donors (Lipinski definition) is 0. The van der Waals surface area contributed by atoms with Gasteiger partial charge in [0.2, 0.25) is 0 Å². The number of hydrogen-bond acceptors (Lipinski definition) is 3. The van der Waals surface area contributed by atoms with Crippen molar-refractivity contribution in [1.29, 1.82) is 0 Å². The van der Waals surface area contributed by atoms with Crippen LogP contribution >= 0.6 is 22.6 Å². The molecule has 0 spiro atoms. The molecule has 20 heavy (non-hydrogen) atoms. The molecule has 0 atom stereocenters. The number of alkyl halides is 5. The minimum Gasteiger partial charge on any atom is -0.466 e. The van der Waals surface area contributed by atoms with Crippen molar-refractivity contribution in [2.45, 2.75) is 25.9 Å². The largest absolute Gasteiger partial charge is 0.466 e. The number of carbonyl (C=O) groups is 1. The van der Waals surface area contributed by atoms with Crippen LogP contribution in [0.2, 0.25) is 0 Å². The second kappa shape index (κ2) is 6.64. The Morgan fingerprint density at radius 1 is 1.45 bits per heavy atom. The first-order valence-electron chi connectivity index (χ1n) is 5.37. The van der Waals surface area contributed by atoms with E-state index in [1.54, 1.807) is 0 Å². The normalized spacial score (nSPS) is 11.8. The van der Waals surface area contributed by atoms with Crippen LogP contribution in [0.15, 0.2) is 6.07 Å². The molecule has 1 aromatic heterocycles. The number of ether oxygens (including phenoxy) is 1. The second-order valence-electron chi connectivity index (χ2n) is 3.63. The van der Waals surface area contributed by atoms with E-state index in [4.69, 9.17) is 0 Å². The SMILES string of the molecule is CCOC(=O)Cc1nc(C(F)F)cc(I)c1C(F)(F)F. The van der Waals surface area contributed by atoms with Crippen molar-refractivity contribution >= 4 is 28.6 Å². The third-order valence-electron chi connectivity index (χ3n) is 2.19. The van der Waals surface area contributed by atoms with Gasteiger partial charge in [-0.1, -0.05) is 0 Å². The van der Waals surface area contributed by atoms with Crippen LogP contribution in [0.5, 0.6) is 0 Å². The van der Waals surface area contributed by atoms with Gasteiger partial charge in [0.1, 0.15) is 5.69 Å². The second-order valence-corrected chi connectivity index (χ2v) is 4.79. The standard InChI is InChI=1S/C11H9F5INO2/c1-2-20-8(19)4-6-9(11(14,15)16)5(17)3-7(18-6)10(12)13/h3,10H,2,4H2,1H3. The lowest BCUT2D eigenvalue weighted by Gasteiger charge is -2.15. The van der Waals surface area contributed by atoms with Gasteiger partial charge >= 0.3 is 12.1 Å². The molecule has 0 radical (unpaired) electrons. The number of esters is 1. The maximum atomic E-state index is 12.9. The molecule has 0 aliphatic carbocycles. The molecular weight excluding hydrogens is 400 g/mol.